The molecule has 0 aliphatic heterocycles. The second-order valence-electron chi connectivity index (χ2n) is 5.27. The number of benzene rings is 1. The van der Waals surface area contributed by atoms with Crippen molar-refractivity contribution in [2.75, 3.05) is 0 Å². The lowest BCUT2D eigenvalue weighted by Crippen LogP contribution is -2.53. The Morgan fingerprint density at radius 3 is 2.67 bits per heavy atom. The van der Waals surface area contributed by atoms with E-state index in [1.807, 2.05) is 31.2 Å². The molecule has 1 saturated carbocycles. The van der Waals surface area contributed by atoms with Crippen molar-refractivity contribution in [2.24, 2.45) is 11.7 Å². The summed E-state index contributed by atoms with van der Waals surface area (Å²) in [4.78, 5) is 12.2. The van der Waals surface area contributed by atoms with Crippen molar-refractivity contribution in [3.05, 3.63) is 34.9 Å². The standard InChI is InChI=1S/C14H19ClN2O/c1-9(11-5-3-4-6-12(11)15)17-13(18)14(2,16)10-7-8-10/h3-6,9-10H,7-8,16H2,1-2H3,(H,17,18)/t9-,14?/m0/s1. The third-order valence-corrected chi connectivity index (χ3v) is 3.98. The van der Waals surface area contributed by atoms with Gasteiger partial charge in [0.25, 0.3) is 0 Å². The zero-order chi connectivity index (χ0) is 13.3. The minimum Gasteiger partial charge on any atom is -0.348 e. The van der Waals surface area contributed by atoms with Crippen LogP contribution in [0.4, 0.5) is 0 Å². The highest BCUT2D eigenvalue weighted by Crippen LogP contribution is 2.38. The fourth-order valence-corrected chi connectivity index (χ4v) is 2.42. The van der Waals surface area contributed by atoms with Crippen LogP contribution in [-0.2, 0) is 4.79 Å². The van der Waals surface area contributed by atoms with Gasteiger partial charge in [-0.15, -0.1) is 0 Å². The molecule has 1 aliphatic carbocycles. The predicted molar refractivity (Wildman–Crippen MR) is 73.3 cm³/mol. The molecular weight excluding hydrogens is 248 g/mol. The highest BCUT2D eigenvalue weighted by atomic mass is 35.5. The van der Waals surface area contributed by atoms with Crippen molar-refractivity contribution in [3.8, 4) is 0 Å². The Hall–Kier alpha value is -1.06. The van der Waals surface area contributed by atoms with Crippen molar-refractivity contribution in [1.29, 1.82) is 0 Å². The molecule has 2 rings (SSSR count). The van der Waals surface area contributed by atoms with E-state index in [0.29, 0.717) is 10.9 Å². The van der Waals surface area contributed by atoms with E-state index in [9.17, 15) is 4.79 Å². The highest BCUT2D eigenvalue weighted by Gasteiger charge is 2.44. The van der Waals surface area contributed by atoms with Gasteiger partial charge in [-0.3, -0.25) is 4.79 Å². The van der Waals surface area contributed by atoms with Gasteiger partial charge in [0.15, 0.2) is 0 Å². The van der Waals surface area contributed by atoms with Gasteiger partial charge in [-0.25, -0.2) is 0 Å². The zero-order valence-corrected chi connectivity index (χ0v) is 11.5. The molecule has 1 unspecified atom stereocenters. The molecule has 1 fully saturated rings. The summed E-state index contributed by atoms with van der Waals surface area (Å²) in [6.45, 7) is 3.72. The SMILES string of the molecule is C[C@H](NC(=O)C(C)(N)C1CC1)c1ccccc1Cl. The minimum absolute atomic E-state index is 0.0996. The summed E-state index contributed by atoms with van der Waals surface area (Å²) in [5.41, 5.74) is 6.23. The molecule has 3 N–H and O–H groups in total. The first-order chi connectivity index (χ1) is 8.43. The number of hydrogen-bond acceptors (Lipinski definition) is 2. The Morgan fingerprint density at radius 2 is 2.11 bits per heavy atom. The molecule has 1 amide bonds. The molecule has 0 spiro atoms. The minimum atomic E-state index is -0.768. The van der Waals surface area contributed by atoms with Gasteiger partial charge in [0.05, 0.1) is 11.6 Å². The molecule has 1 aromatic carbocycles. The summed E-state index contributed by atoms with van der Waals surface area (Å²) in [7, 11) is 0. The second-order valence-corrected chi connectivity index (χ2v) is 5.68. The third kappa shape index (κ3) is 2.68. The van der Waals surface area contributed by atoms with Gasteiger partial charge >= 0.3 is 0 Å². The number of nitrogens with one attached hydrogen (secondary N) is 1. The average molecular weight is 267 g/mol. The molecule has 1 aromatic rings. The van der Waals surface area contributed by atoms with E-state index >= 15 is 0 Å². The summed E-state index contributed by atoms with van der Waals surface area (Å²) in [5.74, 6) is 0.216. The first-order valence-electron chi connectivity index (χ1n) is 6.27. The van der Waals surface area contributed by atoms with Crippen LogP contribution in [-0.4, -0.2) is 11.4 Å². The lowest BCUT2D eigenvalue weighted by atomic mass is 9.95. The van der Waals surface area contributed by atoms with Crippen LogP contribution >= 0.6 is 11.6 Å². The number of hydrogen-bond donors (Lipinski definition) is 2. The van der Waals surface area contributed by atoms with Gasteiger partial charge in [-0.05, 0) is 44.2 Å². The van der Waals surface area contributed by atoms with Crippen molar-refractivity contribution in [1.82, 2.24) is 5.32 Å². The first-order valence-corrected chi connectivity index (χ1v) is 6.65. The molecule has 0 radical (unpaired) electrons. The highest BCUT2D eigenvalue weighted by molar-refractivity contribution is 6.31. The van der Waals surface area contributed by atoms with E-state index in [1.165, 1.54) is 0 Å². The smallest absolute Gasteiger partial charge is 0.240 e. The van der Waals surface area contributed by atoms with Crippen LogP contribution in [0.5, 0.6) is 0 Å². The fraction of sp³-hybridized carbons (Fsp3) is 0.500. The van der Waals surface area contributed by atoms with Crippen molar-refractivity contribution < 1.29 is 4.79 Å². The number of rotatable bonds is 4. The Balaban J connectivity index is 2.05. The molecule has 1 aliphatic rings. The molecule has 18 heavy (non-hydrogen) atoms. The number of amides is 1. The Morgan fingerprint density at radius 1 is 1.50 bits per heavy atom. The monoisotopic (exact) mass is 266 g/mol. The largest absolute Gasteiger partial charge is 0.348 e. The molecule has 0 saturated heterocycles. The zero-order valence-electron chi connectivity index (χ0n) is 10.7. The molecule has 0 aromatic heterocycles. The quantitative estimate of drug-likeness (QED) is 0.880. The van der Waals surface area contributed by atoms with Gasteiger partial charge in [-0.1, -0.05) is 29.8 Å². The van der Waals surface area contributed by atoms with Gasteiger partial charge in [0.1, 0.15) is 0 Å². The van der Waals surface area contributed by atoms with E-state index < -0.39 is 5.54 Å². The van der Waals surface area contributed by atoms with E-state index in [-0.39, 0.29) is 11.9 Å². The van der Waals surface area contributed by atoms with Crippen molar-refractivity contribution in [2.45, 2.75) is 38.3 Å². The van der Waals surface area contributed by atoms with E-state index in [2.05, 4.69) is 5.32 Å². The lowest BCUT2D eigenvalue weighted by molar-refractivity contribution is -0.127. The molecule has 2 atom stereocenters. The number of halogens is 1. The van der Waals surface area contributed by atoms with Crippen LogP contribution < -0.4 is 11.1 Å². The predicted octanol–water partition coefficient (Wildman–Crippen LogP) is 2.64. The number of carbonyl (C=O) groups is 1. The summed E-state index contributed by atoms with van der Waals surface area (Å²) < 4.78 is 0. The summed E-state index contributed by atoms with van der Waals surface area (Å²) in [6, 6.07) is 7.39. The van der Waals surface area contributed by atoms with Crippen LogP contribution in [0, 0.1) is 5.92 Å². The van der Waals surface area contributed by atoms with E-state index in [1.54, 1.807) is 6.92 Å². The van der Waals surface area contributed by atoms with Gasteiger partial charge < -0.3 is 11.1 Å². The van der Waals surface area contributed by atoms with Gasteiger partial charge in [0.2, 0.25) is 5.91 Å². The molecule has 3 nitrogen and oxygen atoms in total. The summed E-state index contributed by atoms with van der Waals surface area (Å²) in [6.07, 6.45) is 2.09. The third-order valence-electron chi connectivity index (χ3n) is 3.63. The van der Waals surface area contributed by atoms with Gasteiger partial charge in [0, 0.05) is 5.02 Å². The van der Waals surface area contributed by atoms with Crippen molar-refractivity contribution >= 4 is 17.5 Å². The summed E-state index contributed by atoms with van der Waals surface area (Å²) in [5, 5.41) is 3.61. The Bertz CT molecular complexity index is 455. The van der Waals surface area contributed by atoms with Crippen molar-refractivity contribution in [3.63, 3.8) is 0 Å². The molecule has 98 valence electrons. The molecule has 4 heteroatoms. The lowest BCUT2D eigenvalue weighted by Gasteiger charge is -2.26. The first kappa shape index (κ1) is 13.4. The van der Waals surface area contributed by atoms with Crippen LogP contribution in [0.1, 0.15) is 38.3 Å². The molecular formula is C14H19ClN2O. The maximum absolute atomic E-state index is 12.2. The number of nitrogens with two attached hydrogens (primary N) is 1. The number of carbonyl (C=O) groups excluding carboxylic acids is 1. The maximum atomic E-state index is 12.2. The Labute approximate surface area is 113 Å². The maximum Gasteiger partial charge on any atom is 0.240 e. The second kappa shape index (κ2) is 4.90. The summed E-state index contributed by atoms with van der Waals surface area (Å²) >= 11 is 6.11. The van der Waals surface area contributed by atoms with Crippen LogP contribution in [0.25, 0.3) is 0 Å². The van der Waals surface area contributed by atoms with E-state index in [0.717, 1.165) is 18.4 Å². The Kier molecular flexibility index (Phi) is 3.64. The van der Waals surface area contributed by atoms with Crippen LogP contribution in [0.15, 0.2) is 24.3 Å². The van der Waals surface area contributed by atoms with Gasteiger partial charge in [-0.2, -0.15) is 0 Å². The average Bonchev–Trinajstić information content (AvgIpc) is 3.13. The normalized spacial score (nSPS) is 20.0. The van der Waals surface area contributed by atoms with E-state index in [4.69, 9.17) is 17.3 Å². The molecule has 0 bridgehead atoms. The molecule has 0 heterocycles. The topological polar surface area (TPSA) is 55.1 Å². The van der Waals surface area contributed by atoms with Crippen LogP contribution in [0.2, 0.25) is 5.02 Å². The van der Waals surface area contributed by atoms with Crippen LogP contribution in [0.3, 0.4) is 0 Å². The fourth-order valence-electron chi connectivity index (χ4n) is 2.12.